The van der Waals surface area contributed by atoms with Gasteiger partial charge in [-0.15, -0.1) is 0 Å². The zero-order valence-corrected chi connectivity index (χ0v) is 19.6. The van der Waals surface area contributed by atoms with E-state index in [1.54, 1.807) is 0 Å². The SMILES string of the molecule is CCOc1cccc(-c2ccc3ncc(C(=O)C4CC4)c(N4CCC(CNC)CC4)c3c2)c1. The second kappa shape index (κ2) is 9.52. The van der Waals surface area contributed by atoms with Gasteiger partial charge in [-0.05, 0) is 87.5 Å². The maximum absolute atomic E-state index is 13.3. The number of hydrogen-bond acceptors (Lipinski definition) is 5. The van der Waals surface area contributed by atoms with E-state index in [2.05, 4.69) is 40.5 Å². The van der Waals surface area contributed by atoms with E-state index in [4.69, 9.17) is 9.72 Å². The van der Waals surface area contributed by atoms with Crippen molar-refractivity contribution in [3.63, 3.8) is 0 Å². The molecule has 0 amide bonds. The lowest BCUT2D eigenvalue weighted by Crippen LogP contribution is -2.37. The van der Waals surface area contributed by atoms with Crippen LogP contribution in [0, 0.1) is 11.8 Å². The number of carbonyl (C=O) groups excluding carboxylic acids is 1. The lowest BCUT2D eigenvalue weighted by atomic mass is 9.93. The third kappa shape index (κ3) is 4.60. The third-order valence-electron chi connectivity index (χ3n) is 6.96. The number of ketones is 1. The summed E-state index contributed by atoms with van der Waals surface area (Å²) in [7, 11) is 2.03. The number of piperidine rings is 1. The van der Waals surface area contributed by atoms with E-state index in [1.807, 2.05) is 32.3 Å². The molecule has 2 aliphatic rings. The standard InChI is InChI=1S/C28H33N3O2/c1-3-33-23-6-4-5-21(15-23)22-9-10-26-24(16-22)27(25(18-30-26)28(32)20-7-8-20)31-13-11-19(12-14-31)17-29-2/h4-6,9-10,15-16,18-20,29H,3,7-8,11-14,17H2,1-2H3. The van der Waals surface area contributed by atoms with Crippen molar-refractivity contribution < 1.29 is 9.53 Å². The first-order chi connectivity index (χ1) is 16.2. The summed E-state index contributed by atoms with van der Waals surface area (Å²) in [4.78, 5) is 20.4. The van der Waals surface area contributed by atoms with Gasteiger partial charge in [0.2, 0.25) is 0 Å². The number of carbonyl (C=O) groups is 1. The first-order valence-corrected chi connectivity index (χ1v) is 12.3. The molecular formula is C28H33N3O2. The second-order valence-electron chi connectivity index (χ2n) is 9.34. The smallest absolute Gasteiger partial charge is 0.169 e. The van der Waals surface area contributed by atoms with Gasteiger partial charge in [0.1, 0.15) is 5.75 Å². The maximum Gasteiger partial charge on any atom is 0.169 e. The number of nitrogens with zero attached hydrogens (tertiary/aromatic N) is 2. The first-order valence-electron chi connectivity index (χ1n) is 12.3. The molecule has 0 bridgehead atoms. The molecule has 0 unspecified atom stereocenters. The van der Waals surface area contributed by atoms with Crippen molar-refractivity contribution in [2.24, 2.45) is 11.8 Å². The fraction of sp³-hybridized carbons (Fsp3) is 0.429. The summed E-state index contributed by atoms with van der Waals surface area (Å²) in [5, 5.41) is 4.40. The van der Waals surface area contributed by atoms with E-state index in [1.165, 1.54) is 0 Å². The molecule has 1 saturated carbocycles. The van der Waals surface area contributed by atoms with E-state index in [0.717, 1.165) is 84.3 Å². The van der Waals surface area contributed by atoms with Crippen molar-refractivity contribution in [2.45, 2.75) is 32.6 Å². The Hall–Kier alpha value is -2.92. The number of Topliss-reactive ketones (excluding diaryl/α,β-unsaturated/α-hetero) is 1. The largest absolute Gasteiger partial charge is 0.494 e. The Morgan fingerprint density at radius 3 is 2.61 bits per heavy atom. The molecule has 2 fully saturated rings. The summed E-state index contributed by atoms with van der Waals surface area (Å²) in [6, 6.07) is 14.6. The topological polar surface area (TPSA) is 54.5 Å². The molecule has 5 nitrogen and oxygen atoms in total. The molecule has 2 heterocycles. The van der Waals surface area contributed by atoms with Crippen LogP contribution < -0.4 is 15.0 Å². The minimum Gasteiger partial charge on any atom is -0.494 e. The number of nitrogens with one attached hydrogen (secondary N) is 1. The Balaban J connectivity index is 1.58. The molecule has 5 heteroatoms. The highest BCUT2D eigenvalue weighted by Crippen LogP contribution is 2.40. The summed E-state index contributed by atoms with van der Waals surface area (Å²) < 4.78 is 5.72. The van der Waals surface area contributed by atoms with Crippen molar-refractivity contribution in [3.05, 3.63) is 54.2 Å². The normalized spacial score (nSPS) is 16.8. The number of anilines is 1. The fourth-order valence-corrected chi connectivity index (χ4v) is 5.03. The van der Waals surface area contributed by atoms with Gasteiger partial charge in [0.05, 0.1) is 23.4 Å². The van der Waals surface area contributed by atoms with Crippen LogP contribution in [-0.2, 0) is 0 Å². The quantitative estimate of drug-likeness (QED) is 0.477. The Kier molecular flexibility index (Phi) is 6.32. The Morgan fingerprint density at radius 2 is 1.88 bits per heavy atom. The van der Waals surface area contributed by atoms with Crippen LogP contribution in [0.2, 0.25) is 0 Å². The molecule has 1 aromatic heterocycles. The third-order valence-corrected chi connectivity index (χ3v) is 6.96. The minimum absolute atomic E-state index is 0.177. The van der Waals surface area contributed by atoms with Gasteiger partial charge in [0, 0.05) is 30.6 Å². The minimum atomic E-state index is 0.177. The average molecular weight is 444 g/mol. The molecule has 5 rings (SSSR count). The van der Waals surface area contributed by atoms with Crippen molar-refractivity contribution in [1.82, 2.24) is 10.3 Å². The summed E-state index contributed by atoms with van der Waals surface area (Å²) in [6.07, 6.45) is 6.11. The van der Waals surface area contributed by atoms with Crippen LogP contribution >= 0.6 is 0 Å². The molecule has 0 spiro atoms. The molecule has 1 aliphatic heterocycles. The molecule has 1 saturated heterocycles. The molecule has 2 aromatic carbocycles. The Bertz CT molecular complexity index is 1150. The fourth-order valence-electron chi connectivity index (χ4n) is 5.03. The second-order valence-corrected chi connectivity index (χ2v) is 9.34. The molecule has 1 aliphatic carbocycles. The van der Waals surface area contributed by atoms with E-state index >= 15 is 0 Å². The summed E-state index contributed by atoms with van der Waals surface area (Å²) in [6.45, 7) is 5.64. The highest BCUT2D eigenvalue weighted by molar-refractivity contribution is 6.10. The van der Waals surface area contributed by atoms with E-state index in [9.17, 15) is 4.79 Å². The van der Waals surface area contributed by atoms with Crippen LogP contribution in [0.25, 0.3) is 22.0 Å². The van der Waals surface area contributed by atoms with Crippen molar-refractivity contribution in [1.29, 1.82) is 0 Å². The predicted molar refractivity (Wildman–Crippen MR) is 134 cm³/mol. The van der Waals surface area contributed by atoms with E-state index in [0.29, 0.717) is 12.5 Å². The summed E-state index contributed by atoms with van der Waals surface area (Å²) in [5.74, 6) is 2.01. The van der Waals surface area contributed by atoms with Crippen LogP contribution in [0.5, 0.6) is 5.75 Å². The molecule has 172 valence electrons. The van der Waals surface area contributed by atoms with Crippen LogP contribution in [-0.4, -0.2) is 44.1 Å². The zero-order valence-electron chi connectivity index (χ0n) is 19.6. The highest BCUT2D eigenvalue weighted by atomic mass is 16.5. The van der Waals surface area contributed by atoms with Crippen LogP contribution in [0.3, 0.4) is 0 Å². The van der Waals surface area contributed by atoms with Crippen molar-refractivity contribution >= 4 is 22.4 Å². The van der Waals surface area contributed by atoms with Gasteiger partial charge in [0.15, 0.2) is 5.78 Å². The number of benzene rings is 2. The van der Waals surface area contributed by atoms with Gasteiger partial charge in [-0.2, -0.15) is 0 Å². The van der Waals surface area contributed by atoms with Gasteiger partial charge in [-0.25, -0.2) is 0 Å². The number of pyridine rings is 1. The summed E-state index contributed by atoms with van der Waals surface area (Å²) in [5.41, 5.74) is 5.06. The van der Waals surface area contributed by atoms with Crippen LogP contribution in [0.4, 0.5) is 5.69 Å². The number of ether oxygens (including phenoxy) is 1. The molecule has 0 radical (unpaired) electrons. The van der Waals surface area contributed by atoms with Gasteiger partial charge in [-0.1, -0.05) is 18.2 Å². The highest BCUT2D eigenvalue weighted by Gasteiger charge is 2.34. The predicted octanol–water partition coefficient (Wildman–Crippen LogP) is 5.33. The van der Waals surface area contributed by atoms with E-state index in [-0.39, 0.29) is 11.7 Å². The average Bonchev–Trinajstić information content (AvgIpc) is 3.69. The lowest BCUT2D eigenvalue weighted by Gasteiger charge is -2.35. The van der Waals surface area contributed by atoms with E-state index < -0.39 is 0 Å². The zero-order chi connectivity index (χ0) is 22.8. The number of fused-ring (bicyclic) bond motifs is 1. The Labute approximate surface area is 196 Å². The van der Waals surface area contributed by atoms with Crippen LogP contribution in [0.1, 0.15) is 43.0 Å². The van der Waals surface area contributed by atoms with Gasteiger partial charge >= 0.3 is 0 Å². The van der Waals surface area contributed by atoms with Crippen molar-refractivity contribution in [3.8, 4) is 16.9 Å². The molecule has 1 N–H and O–H groups in total. The summed E-state index contributed by atoms with van der Waals surface area (Å²) >= 11 is 0. The number of rotatable bonds is 8. The monoisotopic (exact) mass is 443 g/mol. The number of hydrogen-bond donors (Lipinski definition) is 1. The van der Waals surface area contributed by atoms with Gasteiger partial charge in [0.25, 0.3) is 0 Å². The first kappa shape index (κ1) is 21.9. The van der Waals surface area contributed by atoms with Gasteiger partial charge < -0.3 is 15.0 Å². The molecular weight excluding hydrogens is 410 g/mol. The van der Waals surface area contributed by atoms with Gasteiger partial charge in [-0.3, -0.25) is 9.78 Å². The Morgan fingerprint density at radius 1 is 1.09 bits per heavy atom. The van der Waals surface area contributed by atoms with Crippen molar-refractivity contribution in [2.75, 3.05) is 38.2 Å². The maximum atomic E-state index is 13.3. The number of aromatic nitrogens is 1. The molecule has 0 atom stereocenters. The lowest BCUT2D eigenvalue weighted by molar-refractivity contribution is 0.0968. The molecule has 3 aromatic rings. The molecule has 33 heavy (non-hydrogen) atoms. The van der Waals surface area contributed by atoms with Crippen LogP contribution in [0.15, 0.2) is 48.7 Å².